The number of hydrogen-bond acceptors (Lipinski definition) is 4. The molecule has 0 aliphatic heterocycles. The van der Waals surface area contributed by atoms with Gasteiger partial charge in [-0.15, -0.1) is 0 Å². The number of hydrogen-bond donors (Lipinski definition) is 0. The van der Waals surface area contributed by atoms with Crippen molar-refractivity contribution in [2.24, 2.45) is 0 Å². The molecule has 4 nitrogen and oxygen atoms in total. The molecule has 179 valence electrons. The molecule has 0 spiro atoms. The Bertz CT molecular complexity index is 1380. The van der Waals surface area contributed by atoms with Crippen molar-refractivity contribution in [2.75, 3.05) is 0 Å². The molecule has 0 fully saturated rings. The predicted octanol–water partition coefficient (Wildman–Crippen LogP) is 5.97. The summed E-state index contributed by atoms with van der Waals surface area (Å²) in [5.74, 6) is 0. The fourth-order valence-corrected chi connectivity index (χ4v) is 6.15. The van der Waals surface area contributed by atoms with Gasteiger partial charge in [-0.2, -0.15) is 0 Å². The average Bonchev–Trinajstić information content (AvgIpc) is 2.99. The second-order valence-electron chi connectivity index (χ2n) is 8.32. The Morgan fingerprint density at radius 3 is 0.811 bits per heavy atom. The van der Waals surface area contributed by atoms with Crippen LogP contribution in [-0.2, 0) is 17.7 Å². The van der Waals surface area contributed by atoms with Gasteiger partial charge in [0.05, 0.1) is 0 Å². The van der Waals surface area contributed by atoms with Gasteiger partial charge in [0.15, 0.2) is 0 Å². The van der Waals surface area contributed by atoms with Crippen LogP contribution in [0.4, 0.5) is 0 Å². The fourth-order valence-electron chi connectivity index (χ4n) is 3.98. The maximum absolute atomic E-state index is 4.99. The van der Waals surface area contributed by atoms with Crippen molar-refractivity contribution in [3.8, 4) is 45.0 Å². The van der Waals surface area contributed by atoms with E-state index >= 15 is 0 Å². The Hall–Kier alpha value is -4.31. The zero-order chi connectivity index (χ0) is 24.9. The molecule has 37 heavy (non-hydrogen) atoms. The molecule has 6 aromatic rings. The van der Waals surface area contributed by atoms with Crippen molar-refractivity contribution in [3.63, 3.8) is 0 Å². The summed E-state index contributed by atoms with van der Waals surface area (Å²) in [5.41, 5.74) is 7.92. The molecule has 4 aromatic carbocycles. The van der Waals surface area contributed by atoms with E-state index in [9.17, 15) is 0 Å². The van der Waals surface area contributed by atoms with Gasteiger partial charge in [0.25, 0.3) is 0 Å². The van der Waals surface area contributed by atoms with Crippen LogP contribution in [-0.4, -0.2) is 19.9 Å². The Kier molecular flexibility index (Phi) is 6.71. The molecule has 0 amide bonds. The average molecular weight is 655 g/mol. The van der Waals surface area contributed by atoms with Gasteiger partial charge in [-0.3, -0.25) is 0 Å². The maximum atomic E-state index is 4.99. The van der Waals surface area contributed by atoms with Crippen molar-refractivity contribution in [3.05, 3.63) is 133 Å². The summed E-state index contributed by atoms with van der Waals surface area (Å²) in [4.78, 5) is 20.0. The topological polar surface area (TPSA) is 51.6 Å². The number of aromatic nitrogens is 4. The third-order valence-corrected chi connectivity index (χ3v) is 7.95. The molecule has 0 saturated carbocycles. The van der Waals surface area contributed by atoms with Crippen LogP contribution in [0.25, 0.3) is 45.0 Å². The second kappa shape index (κ2) is 10.8. The molecule has 0 N–H and O–H groups in total. The summed E-state index contributed by atoms with van der Waals surface area (Å²) in [6, 6.07) is 45.2. The van der Waals surface area contributed by atoms with Gasteiger partial charge in [0.2, 0.25) is 0 Å². The van der Waals surface area contributed by atoms with Crippen LogP contribution < -0.4 is 8.68 Å². The molecule has 5 heteroatoms. The molecule has 6 rings (SSSR count). The van der Waals surface area contributed by atoms with Crippen LogP contribution in [0.5, 0.6) is 0 Å². The van der Waals surface area contributed by atoms with E-state index in [0.717, 1.165) is 53.7 Å². The summed E-state index contributed by atoms with van der Waals surface area (Å²) in [5, 5.41) is 0. The Labute approximate surface area is 224 Å². The summed E-state index contributed by atoms with van der Waals surface area (Å²) >= 11 is -1.02. The van der Waals surface area contributed by atoms with Gasteiger partial charge in [0, 0.05) is 0 Å². The number of benzene rings is 4. The zero-order valence-corrected chi connectivity index (χ0v) is 22.2. The van der Waals surface area contributed by atoms with E-state index in [1.165, 1.54) is 0 Å². The SMILES string of the molecule is c1ccc(-c2cc(-c3ccccc3)n[c]([Ir][c]3nc(-c4ccccc4)cc(-c4ccccc4)n3)n2)cc1. The number of nitrogens with zero attached hydrogens (tertiary/aromatic N) is 4. The van der Waals surface area contributed by atoms with Crippen molar-refractivity contribution >= 4 is 8.68 Å². The first kappa shape index (κ1) is 23.1. The van der Waals surface area contributed by atoms with E-state index in [2.05, 4.69) is 60.7 Å². The Morgan fingerprint density at radius 2 is 0.568 bits per heavy atom. The molecule has 2 heterocycles. The predicted molar refractivity (Wildman–Crippen MR) is 145 cm³/mol. The molecule has 0 atom stereocenters. The van der Waals surface area contributed by atoms with Crippen LogP contribution in [0.3, 0.4) is 0 Å². The van der Waals surface area contributed by atoms with Crippen LogP contribution >= 0.6 is 0 Å². The van der Waals surface area contributed by atoms with E-state index in [1.54, 1.807) is 0 Å². The third kappa shape index (κ3) is 5.44. The fraction of sp³-hybridized carbons (Fsp3) is 0. The summed E-state index contributed by atoms with van der Waals surface area (Å²) < 4.78 is 1.62. The van der Waals surface area contributed by atoms with Gasteiger partial charge in [-0.1, -0.05) is 0 Å². The molecule has 2 aromatic heterocycles. The first-order chi connectivity index (χ1) is 18.3. The van der Waals surface area contributed by atoms with E-state index < -0.39 is 17.7 Å². The Balaban J connectivity index is 1.46. The van der Waals surface area contributed by atoms with Crippen LogP contribution in [0, 0.1) is 0 Å². The quantitative estimate of drug-likeness (QED) is 0.222. The molecule has 0 bridgehead atoms. The number of rotatable bonds is 6. The normalized spacial score (nSPS) is 10.9. The van der Waals surface area contributed by atoms with Crippen molar-refractivity contribution < 1.29 is 17.7 Å². The van der Waals surface area contributed by atoms with E-state index in [-0.39, 0.29) is 0 Å². The van der Waals surface area contributed by atoms with Gasteiger partial charge < -0.3 is 0 Å². The van der Waals surface area contributed by atoms with Crippen LogP contribution in [0.1, 0.15) is 0 Å². The molecule has 0 saturated heterocycles. The van der Waals surface area contributed by atoms with Crippen molar-refractivity contribution in [1.29, 1.82) is 0 Å². The van der Waals surface area contributed by atoms with Crippen molar-refractivity contribution in [1.82, 2.24) is 19.9 Å². The molecule has 0 unspecified atom stereocenters. The summed E-state index contributed by atoms with van der Waals surface area (Å²) in [6.07, 6.45) is 0. The van der Waals surface area contributed by atoms with Gasteiger partial charge in [-0.05, 0) is 0 Å². The first-order valence-corrected chi connectivity index (χ1v) is 14.3. The standard InChI is InChI=1S/2C16H11N2.Ir/c2*1-3-7-13(8-4-1)15-11-16(18-12-17-15)14-9-5-2-6-10-14;/h2*1-11H;. The molecular weight excluding hydrogens is 633 g/mol. The molecular formula is C32H22IrN4. The van der Waals surface area contributed by atoms with Crippen molar-refractivity contribution in [2.45, 2.75) is 0 Å². The minimum atomic E-state index is -1.02. The van der Waals surface area contributed by atoms with Gasteiger partial charge >= 0.3 is 225 Å². The van der Waals surface area contributed by atoms with E-state index in [1.807, 2.05) is 72.8 Å². The zero-order valence-electron chi connectivity index (χ0n) is 19.8. The molecule has 0 aliphatic carbocycles. The summed E-state index contributed by atoms with van der Waals surface area (Å²) in [7, 11) is 0. The second-order valence-corrected chi connectivity index (χ2v) is 11.1. The molecule has 0 aliphatic rings. The first-order valence-electron chi connectivity index (χ1n) is 11.9. The minimum absolute atomic E-state index is 0.810. The van der Waals surface area contributed by atoms with Gasteiger partial charge in [-0.25, -0.2) is 0 Å². The monoisotopic (exact) mass is 655 g/mol. The van der Waals surface area contributed by atoms with Crippen LogP contribution in [0.15, 0.2) is 133 Å². The van der Waals surface area contributed by atoms with E-state index in [0.29, 0.717) is 0 Å². The van der Waals surface area contributed by atoms with Crippen LogP contribution in [0.2, 0.25) is 0 Å². The third-order valence-electron chi connectivity index (χ3n) is 5.81. The van der Waals surface area contributed by atoms with Gasteiger partial charge in [0.1, 0.15) is 0 Å². The van der Waals surface area contributed by atoms with E-state index in [4.69, 9.17) is 19.9 Å². The summed E-state index contributed by atoms with van der Waals surface area (Å²) in [6.45, 7) is 0. The molecule has 0 radical (unpaired) electrons. The Morgan fingerprint density at radius 1 is 0.324 bits per heavy atom.